The van der Waals surface area contributed by atoms with E-state index in [0.29, 0.717) is 12.0 Å². The zero-order valence-corrected chi connectivity index (χ0v) is 15.2. The summed E-state index contributed by atoms with van der Waals surface area (Å²) in [6, 6.07) is 9.08. The van der Waals surface area contributed by atoms with E-state index in [2.05, 4.69) is 67.9 Å². The van der Waals surface area contributed by atoms with E-state index in [1.54, 1.807) is 0 Å². The molecule has 0 bridgehead atoms. The van der Waals surface area contributed by atoms with Gasteiger partial charge in [0.25, 0.3) is 0 Å². The minimum absolute atomic E-state index is 0.385. The fourth-order valence-corrected chi connectivity index (χ4v) is 3.54. The zero-order valence-electron chi connectivity index (χ0n) is 15.2. The van der Waals surface area contributed by atoms with E-state index in [9.17, 15) is 0 Å². The summed E-state index contributed by atoms with van der Waals surface area (Å²) >= 11 is 0. The maximum atomic E-state index is 4.46. The Kier molecular flexibility index (Phi) is 5.08. The molecule has 128 valence electrons. The van der Waals surface area contributed by atoms with Gasteiger partial charge in [-0.2, -0.15) is 5.10 Å². The third-order valence-electron chi connectivity index (χ3n) is 5.20. The zero-order chi connectivity index (χ0) is 17.1. The standard InChI is InChI=1S/C21H29N3/c1-16(2)24-15-20(14-22-24)19-11-8-12-21(13-19)23(4)17(3)18-9-6-5-7-10-18/h8,11-16,18H,3,5-7,9-10H2,1-2,4H3. The Hall–Kier alpha value is -2.03. The van der Waals surface area contributed by atoms with Gasteiger partial charge in [0.05, 0.1) is 6.20 Å². The quantitative estimate of drug-likeness (QED) is 0.707. The van der Waals surface area contributed by atoms with Crippen LogP contribution in [-0.4, -0.2) is 16.8 Å². The molecule has 3 rings (SSSR count). The molecule has 0 radical (unpaired) electrons. The van der Waals surface area contributed by atoms with Crippen LogP contribution in [0.4, 0.5) is 5.69 Å². The second kappa shape index (κ2) is 7.25. The summed E-state index contributed by atoms with van der Waals surface area (Å²) < 4.78 is 2.01. The average molecular weight is 323 g/mol. The summed E-state index contributed by atoms with van der Waals surface area (Å²) in [5.74, 6) is 0.635. The number of hydrogen-bond acceptors (Lipinski definition) is 2. The maximum absolute atomic E-state index is 4.46. The number of rotatable bonds is 5. The Labute approximate surface area is 146 Å². The number of hydrogen-bond donors (Lipinski definition) is 0. The van der Waals surface area contributed by atoms with Gasteiger partial charge in [0.1, 0.15) is 0 Å². The van der Waals surface area contributed by atoms with Gasteiger partial charge in [0.2, 0.25) is 0 Å². The van der Waals surface area contributed by atoms with E-state index >= 15 is 0 Å². The summed E-state index contributed by atoms with van der Waals surface area (Å²) in [4.78, 5) is 2.27. The molecule has 0 N–H and O–H groups in total. The smallest absolute Gasteiger partial charge is 0.0568 e. The molecular weight excluding hydrogens is 294 g/mol. The first-order chi connectivity index (χ1) is 11.6. The van der Waals surface area contributed by atoms with Crippen LogP contribution in [-0.2, 0) is 0 Å². The van der Waals surface area contributed by atoms with E-state index < -0.39 is 0 Å². The first-order valence-electron chi connectivity index (χ1n) is 9.13. The molecule has 1 aliphatic carbocycles. The number of nitrogens with zero attached hydrogens (tertiary/aromatic N) is 3. The summed E-state index contributed by atoms with van der Waals surface area (Å²) in [5.41, 5.74) is 4.84. The summed E-state index contributed by atoms with van der Waals surface area (Å²) in [5, 5.41) is 4.46. The highest BCUT2D eigenvalue weighted by molar-refractivity contribution is 5.68. The van der Waals surface area contributed by atoms with Gasteiger partial charge in [-0.1, -0.05) is 38.0 Å². The van der Waals surface area contributed by atoms with Crippen molar-refractivity contribution in [3.63, 3.8) is 0 Å². The molecular formula is C21H29N3. The normalized spacial score (nSPS) is 15.7. The fourth-order valence-electron chi connectivity index (χ4n) is 3.54. The van der Waals surface area contributed by atoms with Crippen LogP contribution in [0.5, 0.6) is 0 Å². The SMILES string of the molecule is C=C(C1CCCCC1)N(C)c1cccc(-c2cnn(C(C)C)c2)c1. The molecule has 3 nitrogen and oxygen atoms in total. The van der Waals surface area contributed by atoms with Crippen LogP contribution >= 0.6 is 0 Å². The Morgan fingerprint density at radius 3 is 2.62 bits per heavy atom. The van der Waals surface area contributed by atoms with Crippen molar-refractivity contribution in [1.82, 2.24) is 9.78 Å². The van der Waals surface area contributed by atoms with Gasteiger partial charge < -0.3 is 4.90 Å². The van der Waals surface area contributed by atoms with Crippen molar-refractivity contribution in [3.8, 4) is 11.1 Å². The van der Waals surface area contributed by atoms with Gasteiger partial charge in [0, 0.05) is 36.2 Å². The molecule has 0 aliphatic heterocycles. The van der Waals surface area contributed by atoms with Gasteiger partial charge in [-0.05, 0) is 50.3 Å². The Morgan fingerprint density at radius 1 is 1.21 bits per heavy atom. The molecule has 1 aromatic heterocycles. The molecule has 1 fully saturated rings. The fraction of sp³-hybridized carbons (Fsp3) is 0.476. The Balaban J connectivity index is 1.79. The molecule has 3 heteroatoms. The molecule has 0 saturated heterocycles. The van der Waals surface area contributed by atoms with Crippen molar-refractivity contribution >= 4 is 5.69 Å². The van der Waals surface area contributed by atoms with Gasteiger partial charge in [-0.25, -0.2) is 0 Å². The van der Waals surface area contributed by atoms with Gasteiger partial charge in [-0.15, -0.1) is 0 Å². The number of allylic oxidation sites excluding steroid dienone is 1. The van der Waals surface area contributed by atoms with Crippen LogP contribution < -0.4 is 4.90 Å². The number of aromatic nitrogens is 2. The summed E-state index contributed by atoms with van der Waals surface area (Å²) in [7, 11) is 2.15. The van der Waals surface area contributed by atoms with Crippen LogP contribution in [0.3, 0.4) is 0 Å². The minimum atomic E-state index is 0.385. The van der Waals surface area contributed by atoms with E-state index in [4.69, 9.17) is 0 Å². The molecule has 1 aromatic carbocycles. The maximum Gasteiger partial charge on any atom is 0.0568 e. The molecule has 2 aromatic rings. The molecule has 1 heterocycles. The highest BCUT2D eigenvalue weighted by atomic mass is 15.3. The molecule has 0 unspecified atom stereocenters. The van der Waals surface area contributed by atoms with Crippen molar-refractivity contribution in [2.45, 2.75) is 52.0 Å². The lowest BCUT2D eigenvalue weighted by atomic mass is 9.87. The first-order valence-corrected chi connectivity index (χ1v) is 9.13. The Bertz CT molecular complexity index is 693. The van der Waals surface area contributed by atoms with Gasteiger partial charge >= 0.3 is 0 Å². The van der Waals surface area contributed by atoms with E-state index in [0.717, 1.165) is 0 Å². The summed E-state index contributed by atoms with van der Waals surface area (Å²) in [6.45, 7) is 8.69. The van der Waals surface area contributed by atoms with Crippen molar-refractivity contribution in [2.75, 3.05) is 11.9 Å². The summed E-state index contributed by atoms with van der Waals surface area (Å²) in [6.07, 6.45) is 10.7. The largest absolute Gasteiger partial charge is 0.348 e. The van der Waals surface area contributed by atoms with Crippen molar-refractivity contribution in [1.29, 1.82) is 0 Å². The molecule has 24 heavy (non-hydrogen) atoms. The molecule has 0 amide bonds. The average Bonchev–Trinajstić information content (AvgIpc) is 3.12. The highest BCUT2D eigenvalue weighted by Gasteiger charge is 2.20. The van der Waals surface area contributed by atoms with Crippen LogP contribution in [0.25, 0.3) is 11.1 Å². The van der Waals surface area contributed by atoms with Crippen LogP contribution in [0.15, 0.2) is 48.9 Å². The van der Waals surface area contributed by atoms with E-state index in [1.807, 2.05) is 10.9 Å². The molecule has 0 spiro atoms. The first kappa shape index (κ1) is 16.8. The second-order valence-corrected chi connectivity index (χ2v) is 7.24. The van der Waals surface area contributed by atoms with E-state index in [-0.39, 0.29) is 0 Å². The second-order valence-electron chi connectivity index (χ2n) is 7.24. The van der Waals surface area contributed by atoms with Crippen molar-refractivity contribution in [2.24, 2.45) is 5.92 Å². The lowest BCUT2D eigenvalue weighted by Crippen LogP contribution is -2.23. The van der Waals surface area contributed by atoms with Crippen LogP contribution in [0, 0.1) is 5.92 Å². The Morgan fingerprint density at radius 2 is 1.96 bits per heavy atom. The molecule has 1 aliphatic rings. The predicted molar refractivity (Wildman–Crippen MR) is 102 cm³/mol. The van der Waals surface area contributed by atoms with E-state index in [1.165, 1.54) is 54.6 Å². The third-order valence-corrected chi connectivity index (χ3v) is 5.20. The van der Waals surface area contributed by atoms with Gasteiger partial charge in [-0.3, -0.25) is 4.68 Å². The van der Waals surface area contributed by atoms with Crippen molar-refractivity contribution < 1.29 is 0 Å². The monoisotopic (exact) mass is 323 g/mol. The minimum Gasteiger partial charge on any atom is -0.348 e. The predicted octanol–water partition coefficient (Wildman–Crippen LogP) is 5.66. The highest BCUT2D eigenvalue weighted by Crippen LogP contribution is 2.33. The molecule has 0 atom stereocenters. The lowest BCUT2D eigenvalue weighted by molar-refractivity contribution is 0.398. The number of benzene rings is 1. The third kappa shape index (κ3) is 3.55. The van der Waals surface area contributed by atoms with Crippen LogP contribution in [0.2, 0.25) is 0 Å². The number of anilines is 1. The van der Waals surface area contributed by atoms with Crippen molar-refractivity contribution in [3.05, 3.63) is 48.9 Å². The molecule has 1 saturated carbocycles. The van der Waals surface area contributed by atoms with Crippen LogP contribution in [0.1, 0.15) is 52.0 Å². The van der Waals surface area contributed by atoms with Gasteiger partial charge in [0.15, 0.2) is 0 Å². The lowest BCUT2D eigenvalue weighted by Gasteiger charge is -2.31. The topological polar surface area (TPSA) is 21.1 Å².